The summed E-state index contributed by atoms with van der Waals surface area (Å²) in [6.45, 7) is 4.00. The Morgan fingerprint density at radius 3 is 2.68 bits per heavy atom. The van der Waals surface area contributed by atoms with Crippen molar-refractivity contribution in [1.82, 2.24) is 19.3 Å². The third-order valence-corrected chi connectivity index (χ3v) is 8.31. The number of aryl methyl sites for hydroxylation is 2. The Hall–Kier alpha value is -0.930. The summed E-state index contributed by atoms with van der Waals surface area (Å²) in [4.78, 5) is 14.9. The SMILES string of the molecule is CSc1cc(-c2nc(C)cs2)ccc1Nc1cc(Cl)nc2c1nc(C)n2PI. The first-order chi connectivity index (χ1) is 13.5. The molecule has 3 heterocycles. The lowest BCUT2D eigenvalue weighted by Gasteiger charge is -2.13. The number of thioether (sulfide) groups is 1. The van der Waals surface area contributed by atoms with Gasteiger partial charge in [0.1, 0.15) is 21.5 Å². The van der Waals surface area contributed by atoms with Crippen molar-refractivity contribution in [3.63, 3.8) is 0 Å². The van der Waals surface area contributed by atoms with Crippen LogP contribution in [0.15, 0.2) is 34.5 Å². The molecule has 0 spiro atoms. The Morgan fingerprint density at radius 1 is 1.18 bits per heavy atom. The van der Waals surface area contributed by atoms with Crippen molar-refractivity contribution in [2.45, 2.75) is 18.7 Å². The fourth-order valence-electron chi connectivity index (χ4n) is 2.88. The van der Waals surface area contributed by atoms with Crippen LogP contribution >= 0.6 is 63.1 Å². The number of anilines is 2. The highest BCUT2D eigenvalue weighted by Gasteiger charge is 2.15. The number of rotatable bonds is 5. The van der Waals surface area contributed by atoms with Gasteiger partial charge in [0.15, 0.2) is 5.65 Å². The molecule has 4 rings (SSSR count). The summed E-state index contributed by atoms with van der Waals surface area (Å²) in [7, 11) is 0. The summed E-state index contributed by atoms with van der Waals surface area (Å²) in [5, 5.41) is 7.07. The van der Waals surface area contributed by atoms with Crippen LogP contribution < -0.4 is 5.32 Å². The van der Waals surface area contributed by atoms with Crippen molar-refractivity contribution < 1.29 is 0 Å². The molecule has 0 aliphatic rings. The second-order valence-electron chi connectivity index (χ2n) is 6.08. The molecule has 1 unspecified atom stereocenters. The van der Waals surface area contributed by atoms with E-state index in [2.05, 4.69) is 71.5 Å². The van der Waals surface area contributed by atoms with E-state index >= 15 is 0 Å². The Kier molecular flexibility index (Phi) is 6.13. The lowest BCUT2D eigenvalue weighted by molar-refractivity contribution is 1.10. The zero-order valence-electron chi connectivity index (χ0n) is 15.2. The van der Waals surface area contributed by atoms with Crippen LogP contribution in [0.25, 0.3) is 21.7 Å². The zero-order valence-corrected chi connectivity index (χ0v) is 20.8. The number of halogens is 2. The molecular formula is C18H16ClIN5PS2. The number of hydrogen-bond acceptors (Lipinski definition) is 6. The minimum absolute atomic E-state index is 0.450. The Balaban J connectivity index is 1.77. The molecule has 28 heavy (non-hydrogen) atoms. The Bertz CT molecular complexity index is 1180. The zero-order chi connectivity index (χ0) is 19.8. The summed E-state index contributed by atoms with van der Waals surface area (Å²) in [6.07, 6.45) is 2.59. The molecule has 0 aliphatic carbocycles. The highest BCUT2D eigenvalue weighted by Crippen LogP contribution is 2.38. The van der Waals surface area contributed by atoms with Gasteiger partial charge in [0, 0.05) is 27.6 Å². The number of nitrogens with zero attached hydrogens (tertiary/aromatic N) is 4. The van der Waals surface area contributed by atoms with Gasteiger partial charge in [-0.2, -0.15) is 0 Å². The second-order valence-corrected chi connectivity index (χ2v) is 10.2. The number of benzene rings is 1. The molecule has 1 N–H and O–H groups in total. The van der Waals surface area contributed by atoms with Gasteiger partial charge in [0.25, 0.3) is 0 Å². The molecule has 0 aliphatic heterocycles. The van der Waals surface area contributed by atoms with Gasteiger partial charge >= 0.3 is 0 Å². The van der Waals surface area contributed by atoms with Crippen LogP contribution in [0.1, 0.15) is 11.5 Å². The topological polar surface area (TPSA) is 55.6 Å². The molecular weight excluding hydrogens is 544 g/mol. The lowest BCUT2D eigenvalue weighted by atomic mass is 10.2. The number of nitrogens with one attached hydrogen (secondary N) is 1. The van der Waals surface area contributed by atoms with Crippen molar-refractivity contribution in [3.05, 3.63) is 46.3 Å². The van der Waals surface area contributed by atoms with Crippen LogP contribution in [-0.2, 0) is 0 Å². The average Bonchev–Trinajstić information content (AvgIpc) is 3.24. The predicted molar refractivity (Wildman–Crippen MR) is 132 cm³/mol. The fourth-order valence-corrected chi connectivity index (χ4v) is 6.59. The highest BCUT2D eigenvalue weighted by atomic mass is 127. The van der Waals surface area contributed by atoms with E-state index in [1.165, 1.54) is 0 Å². The minimum Gasteiger partial charge on any atom is -0.353 e. The van der Waals surface area contributed by atoms with E-state index in [1.54, 1.807) is 23.1 Å². The number of pyridine rings is 1. The first-order valence-electron chi connectivity index (χ1n) is 8.30. The maximum absolute atomic E-state index is 6.31. The first kappa shape index (κ1) is 20.3. The normalized spacial score (nSPS) is 11.8. The van der Waals surface area contributed by atoms with E-state index in [1.807, 2.05) is 19.9 Å². The van der Waals surface area contributed by atoms with E-state index in [9.17, 15) is 0 Å². The molecule has 0 radical (unpaired) electrons. The van der Waals surface area contributed by atoms with Gasteiger partial charge in [-0.15, -0.1) is 23.1 Å². The third kappa shape index (κ3) is 3.89. The Labute approximate surface area is 191 Å². The monoisotopic (exact) mass is 559 g/mol. The standard InChI is InChI=1S/C18H16ClIN5PS2/c1-9-8-28-18(21-9)11-4-5-12(14(6-11)27-3)23-13-7-15(19)24-17-16(13)22-10(2)25(17)26-20/h4-8,26H,1-3H3,(H,23,24). The van der Waals surface area contributed by atoms with Gasteiger partial charge in [0.05, 0.1) is 17.7 Å². The molecule has 5 nitrogen and oxygen atoms in total. The predicted octanol–water partition coefficient (Wildman–Crippen LogP) is 7.08. The van der Waals surface area contributed by atoms with Gasteiger partial charge in [-0.05, 0) is 60.3 Å². The van der Waals surface area contributed by atoms with Gasteiger partial charge in [-0.1, -0.05) is 11.6 Å². The first-order valence-corrected chi connectivity index (χ1v) is 14.8. The second kappa shape index (κ2) is 8.44. The van der Waals surface area contributed by atoms with E-state index in [0.717, 1.165) is 49.5 Å². The van der Waals surface area contributed by atoms with Gasteiger partial charge in [-0.3, -0.25) is 4.34 Å². The molecule has 10 heteroatoms. The smallest absolute Gasteiger partial charge is 0.167 e. The van der Waals surface area contributed by atoms with Crippen LogP contribution in [-0.4, -0.2) is 25.5 Å². The minimum atomic E-state index is 0.450. The van der Waals surface area contributed by atoms with Crippen LogP contribution in [0.5, 0.6) is 0 Å². The maximum Gasteiger partial charge on any atom is 0.167 e. The van der Waals surface area contributed by atoms with E-state index in [4.69, 9.17) is 16.6 Å². The van der Waals surface area contributed by atoms with Gasteiger partial charge < -0.3 is 5.32 Å². The third-order valence-electron chi connectivity index (χ3n) is 4.17. The number of fused-ring (bicyclic) bond motifs is 1. The fraction of sp³-hybridized carbons (Fsp3) is 0.167. The van der Waals surface area contributed by atoms with Crippen molar-refractivity contribution in [1.29, 1.82) is 0 Å². The molecule has 0 amide bonds. The van der Waals surface area contributed by atoms with Gasteiger partial charge in [-0.25, -0.2) is 15.0 Å². The number of thiazole rings is 1. The molecule has 4 aromatic rings. The molecule has 1 aromatic carbocycles. The number of hydrogen-bond donors (Lipinski definition) is 1. The molecule has 0 saturated carbocycles. The van der Waals surface area contributed by atoms with Crippen LogP contribution in [0.3, 0.4) is 0 Å². The molecule has 0 fully saturated rings. The van der Waals surface area contributed by atoms with Crippen molar-refractivity contribution in [2.75, 3.05) is 11.6 Å². The van der Waals surface area contributed by atoms with Crippen LogP contribution in [0.2, 0.25) is 5.15 Å². The quantitative estimate of drug-likeness (QED) is 0.123. The molecule has 0 saturated heterocycles. The molecule has 1 atom stereocenters. The summed E-state index contributed by atoms with van der Waals surface area (Å²) >= 11 is 12.0. The van der Waals surface area contributed by atoms with Crippen LogP contribution in [0, 0.1) is 13.8 Å². The summed E-state index contributed by atoms with van der Waals surface area (Å²) < 4.78 is 2.08. The average molecular weight is 560 g/mol. The van der Waals surface area contributed by atoms with Crippen molar-refractivity contribution in [3.8, 4) is 10.6 Å². The lowest BCUT2D eigenvalue weighted by Crippen LogP contribution is -1.96. The maximum atomic E-state index is 6.31. The van der Waals surface area contributed by atoms with Crippen molar-refractivity contribution in [2.24, 2.45) is 0 Å². The van der Waals surface area contributed by atoms with Crippen molar-refractivity contribution >= 4 is 85.7 Å². The molecule has 144 valence electrons. The van der Waals surface area contributed by atoms with Gasteiger partial charge in [0.2, 0.25) is 0 Å². The molecule has 0 bridgehead atoms. The summed E-state index contributed by atoms with van der Waals surface area (Å²) in [5.74, 6) is 0.931. The number of aromatic nitrogens is 4. The van der Waals surface area contributed by atoms with E-state index < -0.39 is 0 Å². The van der Waals surface area contributed by atoms with Crippen LogP contribution in [0.4, 0.5) is 11.4 Å². The van der Waals surface area contributed by atoms with E-state index in [0.29, 0.717) is 11.5 Å². The number of imidazole rings is 1. The Morgan fingerprint density at radius 2 is 2.00 bits per heavy atom. The summed E-state index contributed by atoms with van der Waals surface area (Å²) in [5.41, 5.74) is 5.68. The van der Waals surface area contributed by atoms with E-state index in [-0.39, 0.29) is 0 Å². The highest BCUT2D eigenvalue weighted by molar-refractivity contribution is 14.2. The molecule has 3 aromatic heterocycles. The largest absolute Gasteiger partial charge is 0.353 e. The summed E-state index contributed by atoms with van der Waals surface area (Å²) in [6, 6.07) is 8.18.